The molecule has 2 aromatic carbocycles. The zero-order valence-corrected chi connectivity index (χ0v) is 9.05. The van der Waals surface area contributed by atoms with Gasteiger partial charge in [-0.2, -0.15) is 5.26 Å². The van der Waals surface area contributed by atoms with Crippen LogP contribution in [0.1, 0.15) is 5.56 Å². The molecule has 2 nitrogen and oxygen atoms in total. The van der Waals surface area contributed by atoms with Gasteiger partial charge in [-0.15, -0.1) is 0 Å². The topological polar surface area (TPSA) is 35.8 Å². The Labute approximate surface area is 101 Å². The van der Waals surface area contributed by atoms with Gasteiger partial charge in [0.1, 0.15) is 5.82 Å². The number of nitrogens with zero attached hydrogens (tertiary/aromatic N) is 1. The minimum Gasteiger partial charge on any atom is -0.353 e. The lowest BCUT2D eigenvalue weighted by Crippen LogP contribution is -1.97. The molecule has 0 radical (unpaired) electrons. The molecule has 0 amide bonds. The fourth-order valence-corrected chi connectivity index (χ4v) is 1.44. The van der Waals surface area contributed by atoms with E-state index >= 15 is 0 Å². The Bertz CT molecular complexity index is 633. The van der Waals surface area contributed by atoms with E-state index in [1.165, 1.54) is 6.07 Å². The molecule has 1 N–H and O–H groups in total. The van der Waals surface area contributed by atoms with Crippen molar-refractivity contribution in [3.63, 3.8) is 0 Å². The van der Waals surface area contributed by atoms with E-state index in [0.29, 0.717) is 17.3 Å². The molecule has 0 saturated heterocycles. The van der Waals surface area contributed by atoms with Crippen molar-refractivity contribution in [3.8, 4) is 6.07 Å². The Morgan fingerprint density at radius 3 is 2.39 bits per heavy atom. The van der Waals surface area contributed by atoms with Crippen LogP contribution < -0.4 is 5.32 Å². The van der Waals surface area contributed by atoms with Gasteiger partial charge in [0.05, 0.1) is 17.3 Å². The maximum atomic E-state index is 13.4. The van der Waals surface area contributed by atoms with E-state index in [0.717, 1.165) is 6.07 Å². The van der Waals surface area contributed by atoms with Gasteiger partial charge in [-0.05, 0) is 18.2 Å². The molecule has 0 atom stereocenters. The van der Waals surface area contributed by atoms with Gasteiger partial charge in [0.2, 0.25) is 0 Å². The van der Waals surface area contributed by atoms with E-state index < -0.39 is 17.5 Å². The molecular weight excluding hydrogens is 241 g/mol. The van der Waals surface area contributed by atoms with Crippen LogP contribution >= 0.6 is 0 Å². The van der Waals surface area contributed by atoms with Crippen LogP contribution in [0, 0.1) is 28.8 Å². The van der Waals surface area contributed by atoms with E-state index in [-0.39, 0.29) is 5.69 Å². The van der Waals surface area contributed by atoms with Crippen molar-refractivity contribution in [1.82, 2.24) is 0 Å². The molecule has 5 heteroatoms. The first kappa shape index (κ1) is 12.0. The van der Waals surface area contributed by atoms with Crippen LogP contribution in [0.15, 0.2) is 36.4 Å². The van der Waals surface area contributed by atoms with Crippen LogP contribution in [0.3, 0.4) is 0 Å². The van der Waals surface area contributed by atoms with Crippen LogP contribution in [0.5, 0.6) is 0 Å². The molecule has 0 unspecified atom stereocenters. The number of anilines is 2. The minimum absolute atomic E-state index is 0.191. The van der Waals surface area contributed by atoms with Gasteiger partial charge in [0.15, 0.2) is 11.6 Å². The van der Waals surface area contributed by atoms with Gasteiger partial charge < -0.3 is 5.32 Å². The minimum atomic E-state index is -1.25. The predicted octanol–water partition coefficient (Wildman–Crippen LogP) is 3.72. The summed E-state index contributed by atoms with van der Waals surface area (Å²) in [5.74, 6) is -3.30. The van der Waals surface area contributed by atoms with Crippen molar-refractivity contribution in [3.05, 3.63) is 59.4 Å². The Balaban J connectivity index is 2.34. The lowest BCUT2D eigenvalue weighted by Gasteiger charge is -2.08. The van der Waals surface area contributed by atoms with Crippen LogP contribution in [0.2, 0.25) is 0 Å². The summed E-state index contributed by atoms with van der Waals surface area (Å²) in [7, 11) is 0. The lowest BCUT2D eigenvalue weighted by atomic mass is 10.2. The fourth-order valence-electron chi connectivity index (χ4n) is 1.44. The summed E-state index contributed by atoms with van der Waals surface area (Å²) >= 11 is 0. The Kier molecular flexibility index (Phi) is 3.20. The third-order valence-electron chi connectivity index (χ3n) is 2.28. The number of benzene rings is 2. The van der Waals surface area contributed by atoms with E-state index in [4.69, 9.17) is 5.26 Å². The molecule has 0 aliphatic heterocycles. The molecule has 0 fully saturated rings. The van der Waals surface area contributed by atoms with Crippen LogP contribution in [-0.4, -0.2) is 0 Å². The number of hydrogen-bond acceptors (Lipinski definition) is 2. The van der Waals surface area contributed by atoms with Crippen LogP contribution in [0.4, 0.5) is 24.5 Å². The van der Waals surface area contributed by atoms with Crippen molar-refractivity contribution in [1.29, 1.82) is 5.26 Å². The number of nitriles is 1. The summed E-state index contributed by atoms with van der Waals surface area (Å²) in [6, 6.07) is 9.34. The quantitative estimate of drug-likeness (QED) is 0.822. The number of hydrogen-bond donors (Lipinski definition) is 1. The first-order valence-corrected chi connectivity index (χ1v) is 5.02. The summed E-state index contributed by atoms with van der Waals surface area (Å²) in [5, 5.41) is 11.3. The zero-order valence-electron chi connectivity index (χ0n) is 9.05. The van der Waals surface area contributed by atoms with Crippen molar-refractivity contribution in [2.45, 2.75) is 0 Å². The SMILES string of the molecule is N#Cc1cccc(Nc2cc(F)c(F)cc2F)c1. The highest BCUT2D eigenvalue weighted by Crippen LogP contribution is 2.23. The second-order valence-corrected chi connectivity index (χ2v) is 3.56. The standard InChI is InChI=1S/C13H7F3N2/c14-10-5-12(16)13(6-11(10)15)18-9-3-1-2-8(4-9)7-17/h1-6,18H. The Hall–Kier alpha value is -2.48. The maximum Gasteiger partial charge on any atom is 0.161 e. The highest BCUT2D eigenvalue weighted by Gasteiger charge is 2.09. The first-order valence-electron chi connectivity index (χ1n) is 5.02. The molecule has 18 heavy (non-hydrogen) atoms. The number of halogens is 3. The summed E-state index contributed by atoms with van der Waals surface area (Å²) in [5.41, 5.74) is 0.603. The van der Waals surface area contributed by atoms with Gasteiger partial charge >= 0.3 is 0 Å². The molecule has 0 aromatic heterocycles. The van der Waals surface area contributed by atoms with Crippen LogP contribution in [-0.2, 0) is 0 Å². The number of rotatable bonds is 2. The molecule has 2 rings (SSSR count). The summed E-state index contributed by atoms with van der Waals surface area (Å²) in [6.07, 6.45) is 0. The van der Waals surface area contributed by atoms with E-state index in [2.05, 4.69) is 5.32 Å². The predicted molar refractivity (Wildman–Crippen MR) is 60.8 cm³/mol. The summed E-state index contributed by atoms with van der Waals surface area (Å²) in [4.78, 5) is 0. The zero-order chi connectivity index (χ0) is 13.1. The highest BCUT2D eigenvalue weighted by molar-refractivity contribution is 5.61. The average molecular weight is 248 g/mol. The largest absolute Gasteiger partial charge is 0.353 e. The monoisotopic (exact) mass is 248 g/mol. The van der Waals surface area contributed by atoms with Crippen molar-refractivity contribution < 1.29 is 13.2 Å². The van der Waals surface area contributed by atoms with Gasteiger partial charge in [-0.25, -0.2) is 13.2 Å². The summed E-state index contributed by atoms with van der Waals surface area (Å²) < 4.78 is 39.1. The third-order valence-corrected chi connectivity index (χ3v) is 2.28. The number of nitrogens with one attached hydrogen (secondary N) is 1. The lowest BCUT2D eigenvalue weighted by molar-refractivity contribution is 0.496. The smallest absolute Gasteiger partial charge is 0.161 e. The van der Waals surface area contributed by atoms with E-state index in [1.54, 1.807) is 18.2 Å². The molecule has 0 heterocycles. The molecule has 0 saturated carbocycles. The van der Waals surface area contributed by atoms with Gasteiger partial charge in [-0.3, -0.25) is 0 Å². The molecule has 0 bridgehead atoms. The fraction of sp³-hybridized carbons (Fsp3) is 0. The van der Waals surface area contributed by atoms with E-state index in [9.17, 15) is 13.2 Å². The van der Waals surface area contributed by atoms with Crippen molar-refractivity contribution in [2.75, 3.05) is 5.32 Å². The third kappa shape index (κ3) is 2.43. The highest BCUT2D eigenvalue weighted by atomic mass is 19.2. The molecule has 2 aromatic rings. The van der Waals surface area contributed by atoms with Gasteiger partial charge in [0, 0.05) is 17.8 Å². The second-order valence-electron chi connectivity index (χ2n) is 3.56. The van der Waals surface area contributed by atoms with Crippen molar-refractivity contribution in [2.24, 2.45) is 0 Å². The first-order chi connectivity index (χ1) is 8.60. The Morgan fingerprint density at radius 1 is 0.944 bits per heavy atom. The van der Waals surface area contributed by atoms with Crippen LogP contribution in [0.25, 0.3) is 0 Å². The average Bonchev–Trinajstić information content (AvgIpc) is 2.36. The van der Waals surface area contributed by atoms with Gasteiger partial charge in [-0.1, -0.05) is 6.07 Å². The Morgan fingerprint density at radius 2 is 1.67 bits per heavy atom. The summed E-state index contributed by atoms with van der Waals surface area (Å²) in [6.45, 7) is 0. The van der Waals surface area contributed by atoms with E-state index in [1.807, 2.05) is 6.07 Å². The molecular formula is C13H7F3N2. The molecule has 0 aliphatic rings. The maximum absolute atomic E-state index is 13.4. The van der Waals surface area contributed by atoms with Gasteiger partial charge in [0.25, 0.3) is 0 Å². The molecule has 0 spiro atoms. The molecule has 0 aliphatic carbocycles. The van der Waals surface area contributed by atoms with Crippen molar-refractivity contribution >= 4 is 11.4 Å². The normalized spacial score (nSPS) is 9.89. The second kappa shape index (κ2) is 4.80. The molecule has 90 valence electrons.